The van der Waals surface area contributed by atoms with Crippen molar-refractivity contribution < 1.29 is 14.3 Å². The smallest absolute Gasteiger partial charge is 0.411 e. The second-order valence-corrected chi connectivity index (χ2v) is 6.06. The van der Waals surface area contributed by atoms with E-state index in [1.807, 2.05) is 58.9 Å². The first kappa shape index (κ1) is 28.8. The molecule has 0 aromatic heterocycles. The van der Waals surface area contributed by atoms with E-state index in [0.717, 1.165) is 16.8 Å². The van der Waals surface area contributed by atoms with Crippen molar-refractivity contribution >= 4 is 40.7 Å². The van der Waals surface area contributed by atoms with Crippen LogP contribution in [0.15, 0.2) is 42.5 Å². The minimum absolute atomic E-state index is 0.135. The molecule has 2 aromatic rings. The molecule has 0 unspecified atom stereocenters. The minimum atomic E-state index is -0.577. The van der Waals surface area contributed by atoms with Crippen molar-refractivity contribution in [3.63, 3.8) is 0 Å². The maximum absolute atomic E-state index is 11.7. The number of amides is 1. The van der Waals surface area contributed by atoms with Crippen molar-refractivity contribution in [3.05, 3.63) is 53.6 Å². The van der Waals surface area contributed by atoms with Gasteiger partial charge in [-0.1, -0.05) is 39.8 Å². The normalized spacial score (nSPS) is 9.75. The number of alkyl halides is 1. The van der Waals surface area contributed by atoms with Crippen molar-refractivity contribution in [1.29, 1.82) is 5.26 Å². The first-order valence-electron chi connectivity index (χ1n) is 10.7. The van der Waals surface area contributed by atoms with E-state index in [0.29, 0.717) is 23.6 Å². The Morgan fingerprint density at radius 3 is 2.47 bits per heavy atom. The highest BCUT2D eigenvalue weighted by Gasteiger charge is 2.10. The first-order chi connectivity index (χ1) is 15.6. The number of methoxy groups -OCH3 is 1. The summed E-state index contributed by atoms with van der Waals surface area (Å²) >= 11 is 5.50. The van der Waals surface area contributed by atoms with Gasteiger partial charge in [0.2, 0.25) is 0 Å². The highest BCUT2D eigenvalue weighted by Crippen LogP contribution is 2.29. The molecule has 0 radical (unpaired) electrons. The number of benzene rings is 2. The number of hydrogen-bond donors (Lipinski definition) is 2. The van der Waals surface area contributed by atoms with Crippen LogP contribution in [0.2, 0.25) is 0 Å². The van der Waals surface area contributed by atoms with Crippen molar-refractivity contribution in [2.45, 2.75) is 34.6 Å². The monoisotopic (exact) mass is 459 g/mol. The van der Waals surface area contributed by atoms with Crippen LogP contribution in [0.25, 0.3) is 11.6 Å². The quantitative estimate of drug-likeness (QED) is 0.251. The molecule has 6 nitrogen and oxygen atoms in total. The van der Waals surface area contributed by atoms with Gasteiger partial charge < -0.3 is 14.8 Å². The average molecular weight is 460 g/mol. The average Bonchev–Trinajstić information content (AvgIpc) is 2.84. The number of rotatable bonds is 8. The third-order valence-electron chi connectivity index (χ3n) is 3.76. The van der Waals surface area contributed by atoms with Gasteiger partial charge in [-0.25, -0.2) is 4.79 Å². The number of carbonyl (C=O) groups is 1. The molecule has 1 amide bonds. The molecule has 0 aliphatic rings. The van der Waals surface area contributed by atoms with Crippen LogP contribution in [-0.2, 0) is 4.74 Å². The van der Waals surface area contributed by atoms with Gasteiger partial charge in [0.05, 0.1) is 24.6 Å². The van der Waals surface area contributed by atoms with Crippen LogP contribution in [-0.4, -0.2) is 32.2 Å². The van der Waals surface area contributed by atoms with Crippen LogP contribution in [0.3, 0.4) is 0 Å². The van der Waals surface area contributed by atoms with Crippen molar-refractivity contribution in [2.24, 2.45) is 0 Å². The van der Waals surface area contributed by atoms with Gasteiger partial charge in [-0.15, -0.1) is 11.6 Å². The first-order valence-corrected chi connectivity index (χ1v) is 11.3. The zero-order valence-corrected chi connectivity index (χ0v) is 20.5. The van der Waals surface area contributed by atoms with E-state index in [4.69, 9.17) is 21.1 Å². The van der Waals surface area contributed by atoms with Crippen LogP contribution in [0.1, 0.15) is 45.7 Å². The molecule has 0 aliphatic carbocycles. The molecule has 0 fully saturated rings. The summed E-state index contributed by atoms with van der Waals surface area (Å²) in [5.41, 5.74) is 3.40. The number of carbonyl (C=O) groups excluding carboxylic acids is 1. The molecule has 7 heteroatoms. The number of nitrogens with zero attached hydrogens (tertiary/aromatic N) is 1. The standard InChI is InChI=1S/C21H22ClN3O3.2C2H6/c1-3-24-20-13-18(27-2)7-8-19(20)16(14-23)11-15-5-4-6-17(12-15)25-21(26)28-10-9-22;2*1-2/h4-8,11-13,24H,3,9-10H2,1-2H3,(H,25,26);2*1-2H3/b16-11+;;. The fraction of sp³-hybridized carbons (Fsp3) is 0.360. The van der Waals surface area contributed by atoms with Crippen LogP contribution >= 0.6 is 11.6 Å². The predicted molar refractivity (Wildman–Crippen MR) is 135 cm³/mol. The SMILES string of the molecule is CC.CC.CCNc1cc(OC)ccc1/C(C#N)=C/c1cccc(NC(=O)OCCCl)c1. The highest BCUT2D eigenvalue weighted by atomic mass is 35.5. The fourth-order valence-electron chi connectivity index (χ4n) is 2.55. The van der Waals surface area contributed by atoms with Gasteiger partial charge >= 0.3 is 6.09 Å². The van der Waals surface area contributed by atoms with E-state index < -0.39 is 6.09 Å². The minimum Gasteiger partial charge on any atom is -0.497 e. The van der Waals surface area contributed by atoms with Crippen LogP contribution in [0.4, 0.5) is 16.2 Å². The van der Waals surface area contributed by atoms with E-state index in [9.17, 15) is 10.1 Å². The molecule has 2 N–H and O–H groups in total. The van der Waals surface area contributed by atoms with E-state index in [2.05, 4.69) is 16.7 Å². The van der Waals surface area contributed by atoms with E-state index in [1.165, 1.54) is 0 Å². The number of allylic oxidation sites excluding steroid dienone is 1. The number of anilines is 2. The molecule has 0 spiro atoms. The number of nitrogens with one attached hydrogen (secondary N) is 2. The van der Waals surface area contributed by atoms with Crippen molar-refractivity contribution in [3.8, 4) is 11.8 Å². The summed E-state index contributed by atoms with van der Waals surface area (Å²) in [6.07, 6.45) is 1.18. The molecule has 174 valence electrons. The molecular formula is C25H34ClN3O3. The van der Waals surface area contributed by atoms with Crippen LogP contribution < -0.4 is 15.4 Å². The molecule has 0 aliphatic heterocycles. The lowest BCUT2D eigenvalue weighted by Crippen LogP contribution is -2.14. The molecule has 0 saturated heterocycles. The highest BCUT2D eigenvalue weighted by molar-refractivity contribution is 6.18. The Kier molecular flexibility index (Phi) is 15.8. The number of halogens is 1. The fourth-order valence-corrected chi connectivity index (χ4v) is 2.63. The van der Waals surface area contributed by atoms with Gasteiger partial charge in [0.1, 0.15) is 12.4 Å². The summed E-state index contributed by atoms with van der Waals surface area (Å²) < 4.78 is 10.2. The third-order valence-corrected chi connectivity index (χ3v) is 3.91. The van der Waals surface area contributed by atoms with E-state index >= 15 is 0 Å². The van der Waals surface area contributed by atoms with E-state index in [1.54, 1.807) is 31.4 Å². The van der Waals surface area contributed by atoms with Gasteiger partial charge in [0.25, 0.3) is 0 Å². The maximum Gasteiger partial charge on any atom is 0.411 e. The third kappa shape index (κ3) is 9.76. The largest absolute Gasteiger partial charge is 0.497 e. The molecule has 0 saturated carbocycles. The molecule has 0 heterocycles. The van der Waals surface area contributed by atoms with E-state index in [-0.39, 0.29) is 12.5 Å². The zero-order valence-electron chi connectivity index (χ0n) is 19.8. The Hall–Kier alpha value is -3.17. The summed E-state index contributed by atoms with van der Waals surface area (Å²) in [5.74, 6) is 0.941. The Bertz CT molecular complexity index is 892. The predicted octanol–water partition coefficient (Wildman–Crippen LogP) is 7.03. The lowest BCUT2D eigenvalue weighted by molar-refractivity contribution is 0.168. The lowest BCUT2D eigenvalue weighted by atomic mass is 10.0. The molecule has 2 rings (SSSR count). The van der Waals surface area contributed by atoms with Crippen LogP contribution in [0, 0.1) is 11.3 Å². The summed E-state index contributed by atoms with van der Waals surface area (Å²) in [4.78, 5) is 11.7. The van der Waals surface area contributed by atoms with Gasteiger partial charge in [-0.05, 0) is 42.8 Å². The maximum atomic E-state index is 11.7. The topological polar surface area (TPSA) is 83.4 Å². The molecule has 0 bridgehead atoms. The molecule has 32 heavy (non-hydrogen) atoms. The van der Waals surface area contributed by atoms with Gasteiger partial charge in [-0.3, -0.25) is 5.32 Å². The molecule has 0 atom stereocenters. The lowest BCUT2D eigenvalue weighted by Gasteiger charge is -2.12. The van der Waals surface area contributed by atoms with Crippen molar-refractivity contribution in [2.75, 3.05) is 36.8 Å². The number of nitriles is 1. The van der Waals surface area contributed by atoms with Crippen molar-refractivity contribution in [1.82, 2.24) is 0 Å². The summed E-state index contributed by atoms with van der Waals surface area (Å²) in [6.45, 7) is 10.8. The summed E-state index contributed by atoms with van der Waals surface area (Å²) in [7, 11) is 1.60. The number of ether oxygens (including phenoxy) is 2. The Balaban J connectivity index is 0.00000227. The molecular weight excluding hydrogens is 426 g/mol. The van der Waals surface area contributed by atoms with Gasteiger partial charge in [0.15, 0.2) is 0 Å². The number of hydrogen-bond acceptors (Lipinski definition) is 5. The van der Waals surface area contributed by atoms with Gasteiger partial charge in [0, 0.05) is 29.5 Å². The van der Waals surface area contributed by atoms with Crippen LogP contribution in [0.5, 0.6) is 5.75 Å². The Morgan fingerprint density at radius 2 is 1.88 bits per heavy atom. The summed E-state index contributed by atoms with van der Waals surface area (Å²) in [5, 5.41) is 15.6. The second kappa shape index (κ2) is 17.5. The summed E-state index contributed by atoms with van der Waals surface area (Å²) in [6, 6.07) is 14.9. The molecule has 2 aromatic carbocycles. The van der Waals surface area contributed by atoms with Gasteiger partial charge in [-0.2, -0.15) is 5.26 Å². The Morgan fingerprint density at radius 1 is 1.16 bits per heavy atom. The Labute approximate surface area is 197 Å². The zero-order chi connectivity index (χ0) is 24.4. The second-order valence-electron chi connectivity index (χ2n) is 5.69.